The molecule has 2 aliphatic rings. The van der Waals surface area contributed by atoms with Crippen LogP contribution < -0.4 is 4.90 Å². The smallest absolute Gasteiger partial charge is 0.241 e. The van der Waals surface area contributed by atoms with Gasteiger partial charge in [0.15, 0.2) is 0 Å². The first-order valence-corrected chi connectivity index (χ1v) is 9.45. The first-order chi connectivity index (χ1) is 13.4. The lowest BCUT2D eigenvalue weighted by molar-refractivity contribution is -0.127. The van der Waals surface area contributed by atoms with Gasteiger partial charge in [0.1, 0.15) is 5.75 Å². The van der Waals surface area contributed by atoms with Crippen molar-refractivity contribution in [3.63, 3.8) is 0 Å². The maximum Gasteiger partial charge on any atom is 0.241 e. The summed E-state index contributed by atoms with van der Waals surface area (Å²) in [4.78, 5) is 28.3. The summed E-state index contributed by atoms with van der Waals surface area (Å²) in [5, 5.41) is 10.8. The van der Waals surface area contributed by atoms with Crippen LogP contribution in [-0.2, 0) is 9.59 Å². The van der Waals surface area contributed by atoms with Crippen LogP contribution in [0.1, 0.15) is 30.4 Å². The highest BCUT2D eigenvalue weighted by Crippen LogP contribution is 2.58. The third-order valence-electron chi connectivity index (χ3n) is 6.26. The van der Waals surface area contributed by atoms with Gasteiger partial charge in [-0.25, -0.2) is 4.90 Å². The number of rotatable bonds is 3. The number of amides is 2. The number of para-hydroxylation sites is 2. The van der Waals surface area contributed by atoms with E-state index in [0.29, 0.717) is 17.7 Å². The number of hydrogen-bond donors (Lipinski definition) is 1. The molecular weight excluding hydrogens is 350 g/mol. The van der Waals surface area contributed by atoms with E-state index < -0.39 is 17.3 Å². The highest BCUT2D eigenvalue weighted by atomic mass is 16.3. The number of phenolic OH excluding ortho intramolecular Hbond substituents is 1. The molecule has 1 aliphatic heterocycles. The second-order valence-electron chi connectivity index (χ2n) is 7.74. The van der Waals surface area contributed by atoms with Gasteiger partial charge in [0.05, 0.1) is 17.0 Å². The topological polar surface area (TPSA) is 57.6 Å². The van der Waals surface area contributed by atoms with Crippen molar-refractivity contribution in [1.82, 2.24) is 0 Å². The Balaban J connectivity index is 1.91. The van der Waals surface area contributed by atoms with Crippen LogP contribution in [0.3, 0.4) is 0 Å². The van der Waals surface area contributed by atoms with Crippen molar-refractivity contribution in [2.75, 3.05) is 4.90 Å². The van der Waals surface area contributed by atoms with Gasteiger partial charge in [0.25, 0.3) is 0 Å². The molecule has 1 aliphatic carbocycles. The van der Waals surface area contributed by atoms with E-state index in [-0.39, 0.29) is 17.6 Å². The van der Waals surface area contributed by atoms with E-state index in [2.05, 4.69) is 6.58 Å². The van der Waals surface area contributed by atoms with Crippen LogP contribution in [0.25, 0.3) is 0 Å². The van der Waals surface area contributed by atoms with Crippen molar-refractivity contribution in [2.24, 2.45) is 11.3 Å². The average Bonchev–Trinajstić information content (AvgIpc) is 2.90. The number of allylic oxidation sites excluding steroid dienone is 3. The van der Waals surface area contributed by atoms with E-state index in [1.54, 1.807) is 18.2 Å². The number of aromatic hydroxyl groups is 1. The van der Waals surface area contributed by atoms with E-state index in [9.17, 15) is 14.7 Å². The van der Waals surface area contributed by atoms with Crippen LogP contribution >= 0.6 is 0 Å². The zero-order valence-electron chi connectivity index (χ0n) is 16.1. The van der Waals surface area contributed by atoms with Gasteiger partial charge in [-0.2, -0.15) is 0 Å². The molecule has 0 saturated carbocycles. The molecule has 2 aromatic rings. The van der Waals surface area contributed by atoms with E-state index in [1.807, 2.05) is 56.3 Å². The minimum Gasteiger partial charge on any atom is -0.507 e. The van der Waals surface area contributed by atoms with Crippen molar-refractivity contribution in [3.8, 4) is 5.75 Å². The Morgan fingerprint density at radius 3 is 2.54 bits per heavy atom. The largest absolute Gasteiger partial charge is 0.507 e. The van der Waals surface area contributed by atoms with Crippen molar-refractivity contribution in [3.05, 3.63) is 84.0 Å². The third-order valence-corrected chi connectivity index (χ3v) is 6.26. The second-order valence-corrected chi connectivity index (χ2v) is 7.74. The number of benzene rings is 2. The van der Waals surface area contributed by atoms with E-state index in [4.69, 9.17) is 0 Å². The molecule has 1 heterocycles. The molecule has 4 rings (SSSR count). The van der Waals surface area contributed by atoms with Crippen LogP contribution in [0.2, 0.25) is 0 Å². The van der Waals surface area contributed by atoms with Gasteiger partial charge in [-0.1, -0.05) is 55.1 Å². The van der Waals surface area contributed by atoms with E-state index in [0.717, 1.165) is 11.1 Å². The molecule has 28 heavy (non-hydrogen) atoms. The Labute approximate surface area is 164 Å². The van der Waals surface area contributed by atoms with Crippen LogP contribution in [-0.4, -0.2) is 16.9 Å². The van der Waals surface area contributed by atoms with Crippen LogP contribution in [0.5, 0.6) is 5.75 Å². The van der Waals surface area contributed by atoms with Crippen LogP contribution in [0.4, 0.5) is 5.69 Å². The molecular formula is C24H23NO3. The molecule has 2 aromatic carbocycles. The molecule has 3 unspecified atom stereocenters. The standard InChI is InChI=1S/C24H23NO3/c1-4-16-13-14-19-22(27)25(17-10-6-5-7-11-17)23(28)24(19,3)20(16)18-12-8-9-15(2)21(18)26/h4-13,19-20,26H,1,14H2,2-3H3. The van der Waals surface area contributed by atoms with Gasteiger partial charge in [-0.3, -0.25) is 9.59 Å². The van der Waals surface area contributed by atoms with Crippen molar-refractivity contribution in [1.29, 1.82) is 0 Å². The Hall–Kier alpha value is -3.14. The predicted octanol–water partition coefficient (Wildman–Crippen LogP) is 4.50. The Bertz CT molecular complexity index is 1010. The highest BCUT2D eigenvalue weighted by molar-refractivity contribution is 6.24. The number of nitrogens with zero attached hydrogens (tertiary/aromatic N) is 1. The zero-order chi connectivity index (χ0) is 20.1. The molecule has 0 bridgehead atoms. The average molecular weight is 373 g/mol. The summed E-state index contributed by atoms with van der Waals surface area (Å²) >= 11 is 0. The first kappa shape index (κ1) is 18.2. The van der Waals surface area contributed by atoms with Gasteiger partial charge in [0.2, 0.25) is 11.8 Å². The summed E-state index contributed by atoms with van der Waals surface area (Å²) in [5.41, 5.74) is 1.87. The molecule has 4 heteroatoms. The minimum atomic E-state index is -0.990. The summed E-state index contributed by atoms with van der Waals surface area (Å²) in [6.45, 7) is 7.60. The Kier molecular flexibility index (Phi) is 4.22. The lowest BCUT2D eigenvalue weighted by Gasteiger charge is -2.40. The fourth-order valence-corrected chi connectivity index (χ4v) is 4.73. The molecule has 4 nitrogen and oxygen atoms in total. The van der Waals surface area contributed by atoms with Gasteiger partial charge in [-0.05, 0) is 43.5 Å². The zero-order valence-corrected chi connectivity index (χ0v) is 16.1. The molecule has 0 radical (unpaired) electrons. The number of fused-ring (bicyclic) bond motifs is 1. The summed E-state index contributed by atoms with van der Waals surface area (Å²) in [5.74, 6) is -1.16. The highest BCUT2D eigenvalue weighted by Gasteiger charge is 2.62. The maximum absolute atomic E-state index is 13.7. The van der Waals surface area contributed by atoms with Crippen LogP contribution in [0.15, 0.2) is 72.8 Å². The number of hydrogen-bond acceptors (Lipinski definition) is 3. The lowest BCUT2D eigenvalue weighted by Crippen LogP contribution is -2.41. The molecule has 1 fully saturated rings. The molecule has 3 atom stereocenters. The third kappa shape index (κ3) is 2.37. The molecule has 0 aromatic heterocycles. The number of anilines is 1. The maximum atomic E-state index is 13.7. The number of carbonyl (C=O) groups is 2. The minimum absolute atomic E-state index is 0.167. The predicted molar refractivity (Wildman–Crippen MR) is 109 cm³/mol. The number of aryl methyl sites for hydroxylation is 1. The fraction of sp³-hybridized carbons (Fsp3) is 0.250. The first-order valence-electron chi connectivity index (χ1n) is 9.45. The summed E-state index contributed by atoms with van der Waals surface area (Å²) in [6, 6.07) is 14.6. The molecule has 1 saturated heterocycles. The number of carbonyl (C=O) groups excluding carboxylic acids is 2. The molecule has 0 spiro atoms. The van der Waals surface area contributed by atoms with E-state index in [1.165, 1.54) is 4.90 Å². The summed E-state index contributed by atoms with van der Waals surface area (Å²) < 4.78 is 0. The van der Waals surface area contributed by atoms with E-state index >= 15 is 0 Å². The molecule has 142 valence electrons. The second kappa shape index (κ2) is 6.48. The normalized spacial score (nSPS) is 26.8. The fourth-order valence-electron chi connectivity index (χ4n) is 4.73. The monoisotopic (exact) mass is 373 g/mol. The van der Waals surface area contributed by atoms with Gasteiger partial charge >= 0.3 is 0 Å². The Morgan fingerprint density at radius 2 is 1.86 bits per heavy atom. The van der Waals surface area contributed by atoms with Gasteiger partial charge in [0, 0.05) is 11.5 Å². The molecule has 2 amide bonds. The van der Waals surface area contributed by atoms with Gasteiger partial charge < -0.3 is 5.11 Å². The van der Waals surface area contributed by atoms with Crippen molar-refractivity contribution < 1.29 is 14.7 Å². The number of phenols is 1. The summed E-state index contributed by atoms with van der Waals surface area (Å²) in [7, 11) is 0. The lowest BCUT2D eigenvalue weighted by atomic mass is 9.60. The van der Waals surface area contributed by atoms with Crippen molar-refractivity contribution >= 4 is 17.5 Å². The summed E-state index contributed by atoms with van der Waals surface area (Å²) in [6.07, 6.45) is 4.19. The quantitative estimate of drug-likeness (QED) is 0.806. The Morgan fingerprint density at radius 1 is 1.14 bits per heavy atom. The van der Waals surface area contributed by atoms with Crippen molar-refractivity contribution in [2.45, 2.75) is 26.2 Å². The van der Waals surface area contributed by atoms with Gasteiger partial charge in [-0.15, -0.1) is 0 Å². The molecule has 1 N–H and O–H groups in total. The SMILES string of the molecule is C=CC1=CCC2C(=O)N(c3ccccc3)C(=O)C2(C)C1c1cccc(C)c1O. The van der Waals surface area contributed by atoms with Crippen LogP contribution in [0, 0.1) is 18.3 Å². The number of imide groups is 1.